The fourth-order valence-corrected chi connectivity index (χ4v) is 3.07. The maximum absolute atomic E-state index is 11.4. The van der Waals surface area contributed by atoms with Gasteiger partial charge in [0.1, 0.15) is 5.78 Å². The predicted octanol–water partition coefficient (Wildman–Crippen LogP) is 1.32. The maximum Gasteiger partial charge on any atom is 0.307 e. The lowest BCUT2D eigenvalue weighted by atomic mass is 9.68. The van der Waals surface area contributed by atoms with Crippen molar-refractivity contribution < 1.29 is 14.7 Å². The van der Waals surface area contributed by atoms with E-state index in [1.165, 1.54) is 0 Å². The number of rotatable bonds is 1. The summed E-state index contributed by atoms with van der Waals surface area (Å²) in [7, 11) is 0. The number of hydrogen-bond donors (Lipinski definition) is 1. The summed E-state index contributed by atoms with van der Waals surface area (Å²) >= 11 is 0. The zero-order valence-electron chi connectivity index (χ0n) is 7.91. The first-order valence-electron chi connectivity index (χ1n) is 4.70. The number of carboxylic acids is 1. The van der Waals surface area contributed by atoms with Gasteiger partial charge in [0.05, 0.1) is 5.92 Å². The lowest BCUT2D eigenvalue weighted by Crippen LogP contribution is -2.39. The minimum Gasteiger partial charge on any atom is -0.481 e. The Balaban J connectivity index is 2.36. The van der Waals surface area contributed by atoms with E-state index in [-0.39, 0.29) is 17.1 Å². The van der Waals surface area contributed by atoms with Gasteiger partial charge in [-0.15, -0.1) is 0 Å². The molecule has 13 heavy (non-hydrogen) atoms. The first kappa shape index (κ1) is 8.73. The van der Waals surface area contributed by atoms with Crippen molar-refractivity contribution in [3.05, 3.63) is 0 Å². The monoisotopic (exact) mass is 182 g/mol. The van der Waals surface area contributed by atoms with Crippen LogP contribution in [0.4, 0.5) is 0 Å². The van der Waals surface area contributed by atoms with Gasteiger partial charge in [-0.25, -0.2) is 0 Å². The highest BCUT2D eigenvalue weighted by Crippen LogP contribution is 2.57. The Labute approximate surface area is 77.1 Å². The van der Waals surface area contributed by atoms with Gasteiger partial charge < -0.3 is 5.11 Å². The minimum atomic E-state index is -0.800. The molecule has 2 aliphatic rings. The number of fused-ring (bicyclic) bond motifs is 2. The Kier molecular flexibility index (Phi) is 1.57. The van der Waals surface area contributed by atoms with E-state index >= 15 is 0 Å². The average molecular weight is 182 g/mol. The Bertz CT molecular complexity index is 280. The maximum atomic E-state index is 11.4. The number of hydrogen-bond acceptors (Lipinski definition) is 2. The molecule has 0 saturated heterocycles. The number of aliphatic carboxylic acids is 1. The van der Waals surface area contributed by atoms with E-state index in [0.29, 0.717) is 12.3 Å². The van der Waals surface area contributed by atoms with Crippen molar-refractivity contribution in [1.82, 2.24) is 0 Å². The fourth-order valence-electron chi connectivity index (χ4n) is 3.07. The van der Waals surface area contributed by atoms with Crippen LogP contribution in [0.3, 0.4) is 0 Å². The molecule has 0 aromatic rings. The lowest BCUT2D eigenvalue weighted by molar-refractivity contribution is -0.151. The third-order valence-electron chi connectivity index (χ3n) is 3.92. The second kappa shape index (κ2) is 2.34. The molecule has 0 aliphatic heterocycles. The highest BCUT2D eigenvalue weighted by molar-refractivity contribution is 5.90. The van der Waals surface area contributed by atoms with E-state index in [1.54, 1.807) is 0 Å². The zero-order valence-corrected chi connectivity index (χ0v) is 7.91. The molecule has 0 amide bonds. The largest absolute Gasteiger partial charge is 0.481 e. The van der Waals surface area contributed by atoms with Crippen molar-refractivity contribution in [1.29, 1.82) is 0 Å². The molecular weight excluding hydrogens is 168 g/mol. The van der Waals surface area contributed by atoms with Gasteiger partial charge in [0, 0.05) is 12.3 Å². The summed E-state index contributed by atoms with van der Waals surface area (Å²) in [6.07, 6.45) is 1.39. The molecular formula is C10H14O3. The van der Waals surface area contributed by atoms with Crippen LogP contribution in [0.25, 0.3) is 0 Å². The van der Waals surface area contributed by atoms with Crippen molar-refractivity contribution in [2.75, 3.05) is 0 Å². The quantitative estimate of drug-likeness (QED) is 0.665. The number of carboxylic acid groups (broad SMARTS) is 1. The van der Waals surface area contributed by atoms with Gasteiger partial charge in [0.15, 0.2) is 0 Å². The van der Waals surface area contributed by atoms with E-state index in [0.717, 1.165) is 6.42 Å². The van der Waals surface area contributed by atoms with Gasteiger partial charge in [0.2, 0.25) is 0 Å². The molecule has 0 unspecified atom stereocenters. The highest BCUT2D eigenvalue weighted by Gasteiger charge is 2.59. The van der Waals surface area contributed by atoms with Crippen molar-refractivity contribution in [3.63, 3.8) is 0 Å². The van der Waals surface area contributed by atoms with Crippen LogP contribution < -0.4 is 0 Å². The molecule has 3 heteroatoms. The van der Waals surface area contributed by atoms with E-state index in [2.05, 4.69) is 0 Å². The minimum absolute atomic E-state index is 0.164. The molecule has 2 rings (SSSR count). The van der Waals surface area contributed by atoms with Gasteiger partial charge in [-0.05, 0) is 17.8 Å². The molecule has 3 nitrogen and oxygen atoms in total. The van der Waals surface area contributed by atoms with Crippen LogP contribution in [0.15, 0.2) is 0 Å². The third-order valence-corrected chi connectivity index (χ3v) is 3.92. The summed E-state index contributed by atoms with van der Waals surface area (Å²) in [5.41, 5.74) is -0.190. The van der Waals surface area contributed by atoms with Crippen LogP contribution in [0, 0.1) is 23.2 Å². The summed E-state index contributed by atoms with van der Waals surface area (Å²) in [5, 5.41) is 9.04. The van der Waals surface area contributed by atoms with Gasteiger partial charge in [0.25, 0.3) is 0 Å². The van der Waals surface area contributed by atoms with Gasteiger partial charge in [-0.2, -0.15) is 0 Å². The molecule has 0 spiro atoms. The van der Waals surface area contributed by atoms with Gasteiger partial charge >= 0.3 is 5.97 Å². The molecule has 0 radical (unpaired) electrons. The second-order valence-electron chi connectivity index (χ2n) is 4.85. The van der Waals surface area contributed by atoms with E-state index < -0.39 is 11.9 Å². The Morgan fingerprint density at radius 2 is 2.15 bits per heavy atom. The van der Waals surface area contributed by atoms with Crippen LogP contribution in [0.2, 0.25) is 0 Å². The third kappa shape index (κ3) is 0.960. The number of carbonyl (C=O) groups is 2. The number of carbonyl (C=O) groups excluding carboxylic acids is 1. The summed E-state index contributed by atoms with van der Waals surface area (Å²) in [6.45, 7) is 3.95. The van der Waals surface area contributed by atoms with Crippen molar-refractivity contribution in [3.8, 4) is 0 Å². The van der Waals surface area contributed by atoms with E-state index in [9.17, 15) is 9.59 Å². The van der Waals surface area contributed by atoms with Crippen LogP contribution >= 0.6 is 0 Å². The Hall–Kier alpha value is -0.860. The fraction of sp³-hybridized carbons (Fsp3) is 0.800. The van der Waals surface area contributed by atoms with Crippen molar-refractivity contribution in [2.24, 2.45) is 23.2 Å². The van der Waals surface area contributed by atoms with Gasteiger partial charge in [-0.3, -0.25) is 9.59 Å². The van der Waals surface area contributed by atoms with Gasteiger partial charge in [-0.1, -0.05) is 13.8 Å². The summed E-state index contributed by atoms with van der Waals surface area (Å²) < 4.78 is 0. The zero-order chi connectivity index (χ0) is 9.80. The molecule has 2 saturated carbocycles. The first-order chi connectivity index (χ1) is 5.94. The standard InChI is InChI=1S/C10H14O3/c1-10(2)5-3-6(7(11)4-5)8(10)9(12)13/h5-6,8H,3-4H2,1-2H3,(H,12,13)/t5-,6-,8+/m1/s1. The topological polar surface area (TPSA) is 54.4 Å². The molecule has 0 heterocycles. The van der Waals surface area contributed by atoms with E-state index in [1.807, 2.05) is 13.8 Å². The van der Waals surface area contributed by atoms with Crippen LogP contribution in [0.5, 0.6) is 0 Å². The first-order valence-corrected chi connectivity index (χ1v) is 4.70. The Morgan fingerprint density at radius 3 is 2.54 bits per heavy atom. The molecule has 72 valence electrons. The van der Waals surface area contributed by atoms with Crippen LogP contribution in [-0.2, 0) is 9.59 Å². The van der Waals surface area contributed by atoms with Crippen molar-refractivity contribution >= 4 is 11.8 Å². The van der Waals surface area contributed by atoms with Crippen LogP contribution in [-0.4, -0.2) is 16.9 Å². The van der Waals surface area contributed by atoms with Crippen molar-refractivity contribution in [2.45, 2.75) is 26.7 Å². The summed E-state index contributed by atoms with van der Waals surface area (Å²) in [4.78, 5) is 22.4. The summed E-state index contributed by atoms with van der Waals surface area (Å²) in [5.74, 6) is -0.982. The molecule has 0 aromatic carbocycles. The molecule has 2 aliphatic carbocycles. The highest BCUT2D eigenvalue weighted by atomic mass is 16.4. The Morgan fingerprint density at radius 1 is 1.54 bits per heavy atom. The normalized spacial score (nSPS) is 41.1. The average Bonchev–Trinajstić information content (AvgIpc) is 2.40. The SMILES string of the molecule is CC1(C)[C@H]2CC(=O)[C@@H](C2)[C@H]1C(=O)O. The number of ketones is 1. The molecule has 0 aromatic heterocycles. The molecule has 2 fully saturated rings. The lowest BCUT2D eigenvalue weighted by Gasteiger charge is -2.34. The molecule has 3 atom stereocenters. The smallest absolute Gasteiger partial charge is 0.307 e. The second-order valence-corrected chi connectivity index (χ2v) is 4.85. The molecule has 2 bridgehead atoms. The predicted molar refractivity (Wildman–Crippen MR) is 46.1 cm³/mol. The van der Waals surface area contributed by atoms with Crippen LogP contribution in [0.1, 0.15) is 26.7 Å². The van der Waals surface area contributed by atoms with E-state index in [4.69, 9.17) is 5.11 Å². The molecule has 1 N–H and O–H groups in total. The number of Topliss-reactive ketones (excluding diaryl/α,β-unsaturated/α-hetero) is 1. The summed E-state index contributed by atoms with van der Waals surface area (Å²) in [6, 6.07) is 0.